The first-order valence-corrected chi connectivity index (χ1v) is 4.59. The number of hydrogen-bond acceptors (Lipinski definition) is 3. The summed E-state index contributed by atoms with van der Waals surface area (Å²) in [4.78, 5) is 10.0. The summed E-state index contributed by atoms with van der Waals surface area (Å²) in [5, 5.41) is 10.7. The molecule has 0 amide bonds. The molecule has 88 valence electrons. The Hall–Kier alpha value is -1.56. The van der Waals surface area contributed by atoms with E-state index in [0.717, 1.165) is 6.92 Å². The lowest BCUT2D eigenvalue weighted by Gasteiger charge is -2.24. The Morgan fingerprint density at radius 1 is 1.50 bits per heavy atom. The van der Waals surface area contributed by atoms with Gasteiger partial charge >= 0.3 is 0 Å². The van der Waals surface area contributed by atoms with Crippen LogP contribution in [0.1, 0.15) is 18.1 Å². The second-order valence-electron chi connectivity index (χ2n) is 3.86. The van der Waals surface area contributed by atoms with Crippen LogP contribution in [-0.4, -0.2) is 11.3 Å². The zero-order valence-electron chi connectivity index (χ0n) is 8.91. The highest BCUT2D eigenvalue weighted by molar-refractivity contribution is 5.47. The predicted octanol–water partition coefficient (Wildman–Crippen LogP) is 2.34. The largest absolute Gasteiger partial charge is 0.317 e. The molecule has 0 radical (unpaired) electrons. The number of nitrogens with two attached hydrogens (primary N) is 1. The molecule has 1 aromatic carbocycles. The van der Waals surface area contributed by atoms with Crippen LogP contribution >= 0.6 is 0 Å². The Balaban J connectivity index is 3.41. The van der Waals surface area contributed by atoms with E-state index in [1.165, 1.54) is 18.2 Å². The molecule has 0 aliphatic heterocycles. The van der Waals surface area contributed by atoms with Crippen LogP contribution in [0.2, 0.25) is 0 Å². The molecule has 0 aliphatic carbocycles. The van der Waals surface area contributed by atoms with Crippen molar-refractivity contribution in [3.8, 4) is 0 Å². The lowest BCUT2D eigenvalue weighted by atomic mass is 9.91. The second kappa shape index (κ2) is 4.13. The third kappa shape index (κ3) is 2.16. The minimum absolute atomic E-state index is 0.146. The Labute approximate surface area is 91.2 Å². The Morgan fingerprint density at radius 3 is 2.50 bits per heavy atom. The molecule has 4 nitrogen and oxygen atoms in total. The van der Waals surface area contributed by atoms with Crippen LogP contribution in [0.4, 0.5) is 14.5 Å². The van der Waals surface area contributed by atoms with Crippen molar-refractivity contribution in [1.82, 2.24) is 0 Å². The van der Waals surface area contributed by atoms with Crippen LogP contribution in [-0.2, 0) is 5.54 Å². The quantitative estimate of drug-likeness (QED) is 0.640. The number of nitro groups is 1. The summed E-state index contributed by atoms with van der Waals surface area (Å²) in [6, 6.07) is 4.01. The summed E-state index contributed by atoms with van der Waals surface area (Å²) in [5.74, 6) is 0. The first-order valence-electron chi connectivity index (χ1n) is 4.59. The first-order chi connectivity index (χ1) is 7.26. The molecule has 0 saturated heterocycles. The number of nitro benzene ring substituents is 1. The molecule has 0 bridgehead atoms. The molecule has 0 heterocycles. The maximum absolute atomic E-state index is 12.7. The summed E-state index contributed by atoms with van der Waals surface area (Å²) in [5.41, 5.74) is 3.54. The number of alkyl halides is 2. The van der Waals surface area contributed by atoms with E-state index in [1.54, 1.807) is 6.92 Å². The highest BCUT2D eigenvalue weighted by Crippen LogP contribution is 2.33. The first kappa shape index (κ1) is 12.5. The fraction of sp³-hybridized carbons (Fsp3) is 0.400. The molecule has 6 heteroatoms. The molecule has 0 aromatic heterocycles. The van der Waals surface area contributed by atoms with Gasteiger partial charge in [0.25, 0.3) is 12.1 Å². The molecule has 1 aromatic rings. The van der Waals surface area contributed by atoms with Gasteiger partial charge in [-0.05, 0) is 19.9 Å². The average molecular weight is 230 g/mol. The lowest BCUT2D eigenvalue weighted by Crippen LogP contribution is -2.41. The van der Waals surface area contributed by atoms with Gasteiger partial charge in [0.15, 0.2) is 0 Å². The zero-order chi connectivity index (χ0) is 12.5. The number of rotatable bonds is 3. The standard InChI is InChI=1S/C10H12F2N2O2/c1-6-3-4-8(14(15)16)7(5-6)10(2,13)9(11)12/h3-5,9H,13H2,1-2H3. The van der Waals surface area contributed by atoms with Crippen molar-refractivity contribution in [2.24, 2.45) is 5.73 Å². The highest BCUT2D eigenvalue weighted by atomic mass is 19.3. The van der Waals surface area contributed by atoms with Crippen molar-refractivity contribution in [3.63, 3.8) is 0 Å². The van der Waals surface area contributed by atoms with E-state index in [1.807, 2.05) is 0 Å². The third-order valence-corrected chi connectivity index (χ3v) is 2.38. The molecule has 1 rings (SSSR count). The molecule has 0 saturated carbocycles. The molecule has 16 heavy (non-hydrogen) atoms. The SMILES string of the molecule is Cc1ccc([N+](=O)[O-])c(C(C)(N)C(F)F)c1. The van der Waals surface area contributed by atoms with Crippen molar-refractivity contribution in [2.75, 3.05) is 0 Å². The normalized spacial score (nSPS) is 14.9. The molecular formula is C10H12F2N2O2. The van der Waals surface area contributed by atoms with E-state index >= 15 is 0 Å². The van der Waals surface area contributed by atoms with Crippen LogP contribution < -0.4 is 5.73 Å². The van der Waals surface area contributed by atoms with Crippen LogP contribution in [0.5, 0.6) is 0 Å². The Morgan fingerprint density at radius 2 is 2.06 bits per heavy atom. The summed E-state index contributed by atoms with van der Waals surface area (Å²) >= 11 is 0. The fourth-order valence-electron chi connectivity index (χ4n) is 1.36. The van der Waals surface area contributed by atoms with Gasteiger partial charge in [-0.3, -0.25) is 10.1 Å². The smallest absolute Gasteiger partial charge is 0.274 e. The van der Waals surface area contributed by atoms with Gasteiger partial charge in [-0.1, -0.05) is 11.6 Å². The monoisotopic (exact) mass is 230 g/mol. The molecule has 2 N–H and O–H groups in total. The number of nitrogens with zero attached hydrogens (tertiary/aromatic N) is 1. The maximum atomic E-state index is 12.7. The maximum Gasteiger partial charge on any atom is 0.274 e. The number of hydrogen-bond donors (Lipinski definition) is 1. The number of halogens is 2. The topological polar surface area (TPSA) is 69.2 Å². The summed E-state index contributed by atoms with van der Waals surface area (Å²) < 4.78 is 25.5. The van der Waals surface area contributed by atoms with E-state index in [-0.39, 0.29) is 11.3 Å². The molecule has 1 atom stereocenters. The van der Waals surface area contributed by atoms with Gasteiger partial charge in [0.1, 0.15) is 5.54 Å². The molecular weight excluding hydrogens is 218 g/mol. The third-order valence-electron chi connectivity index (χ3n) is 2.38. The van der Waals surface area contributed by atoms with E-state index in [9.17, 15) is 18.9 Å². The van der Waals surface area contributed by atoms with Crippen molar-refractivity contribution >= 4 is 5.69 Å². The zero-order valence-corrected chi connectivity index (χ0v) is 8.91. The summed E-state index contributed by atoms with van der Waals surface area (Å²) in [6.45, 7) is 2.74. The fourth-order valence-corrected chi connectivity index (χ4v) is 1.36. The van der Waals surface area contributed by atoms with Gasteiger partial charge in [0, 0.05) is 6.07 Å². The Bertz CT molecular complexity index is 419. The van der Waals surface area contributed by atoms with Crippen molar-refractivity contribution in [1.29, 1.82) is 0 Å². The minimum Gasteiger partial charge on any atom is -0.317 e. The van der Waals surface area contributed by atoms with Gasteiger partial charge in [0.05, 0.1) is 10.5 Å². The van der Waals surface area contributed by atoms with Crippen LogP contribution in [0.3, 0.4) is 0 Å². The van der Waals surface area contributed by atoms with Crippen molar-refractivity contribution in [3.05, 3.63) is 39.4 Å². The second-order valence-corrected chi connectivity index (χ2v) is 3.86. The number of aryl methyl sites for hydroxylation is 1. The van der Waals surface area contributed by atoms with E-state index in [4.69, 9.17) is 5.73 Å². The highest BCUT2D eigenvalue weighted by Gasteiger charge is 2.37. The van der Waals surface area contributed by atoms with Crippen molar-refractivity contribution < 1.29 is 13.7 Å². The van der Waals surface area contributed by atoms with Crippen LogP contribution in [0.15, 0.2) is 18.2 Å². The van der Waals surface area contributed by atoms with Gasteiger partial charge < -0.3 is 5.73 Å². The van der Waals surface area contributed by atoms with E-state index in [0.29, 0.717) is 5.56 Å². The van der Waals surface area contributed by atoms with Crippen molar-refractivity contribution in [2.45, 2.75) is 25.8 Å². The van der Waals surface area contributed by atoms with E-state index < -0.39 is 16.9 Å². The molecule has 0 spiro atoms. The summed E-state index contributed by atoms with van der Waals surface area (Å²) in [7, 11) is 0. The minimum atomic E-state index is -2.87. The van der Waals surface area contributed by atoms with Crippen LogP contribution in [0.25, 0.3) is 0 Å². The van der Waals surface area contributed by atoms with Gasteiger partial charge in [0.2, 0.25) is 0 Å². The summed E-state index contributed by atoms with van der Waals surface area (Å²) in [6.07, 6.45) is -2.87. The van der Waals surface area contributed by atoms with Gasteiger partial charge in [-0.15, -0.1) is 0 Å². The van der Waals surface area contributed by atoms with Gasteiger partial charge in [-0.2, -0.15) is 0 Å². The van der Waals surface area contributed by atoms with Crippen LogP contribution in [0, 0.1) is 17.0 Å². The number of benzene rings is 1. The average Bonchev–Trinajstić information content (AvgIpc) is 2.16. The lowest BCUT2D eigenvalue weighted by molar-refractivity contribution is -0.386. The Kier molecular flexibility index (Phi) is 3.23. The van der Waals surface area contributed by atoms with E-state index in [2.05, 4.69) is 0 Å². The predicted molar refractivity (Wildman–Crippen MR) is 55.4 cm³/mol. The molecule has 0 fully saturated rings. The van der Waals surface area contributed by atoms with Gasteiger partial charge in [-0.25, -0.2) is 8.78 Å². The molecule has 0 aliphatic rings. The molecule has 1 unspecified atom stereocenters.